The molecule has 1 saturated carbocycles. The number of hydrogen-bond acceptors (Lipinski definition) is 3. The number of nitrogens with zero attached hydrogens (tertiary/aromatic N) is 3. The lowest BCUT2D eigenvalue weighted by Crippen LogP contribution is -1.96. The van der Waals surface area contributed by atoms with E-state index in [1.54, 1.807) is 6.20 Å². The minimum absolute atomic E-state index is 0.0152. The molecule has 2 aromatic rings. The number of pyridine rings is 1. The Morgan fingerprint density at radius 3 is 2.70 bits per heavy atom. The molecule has 0 atom stereocenters. The average molecular weight is 401 g/mol. The van der Waals surface area contributed by atoms with Gasteiger partial charge in [0, 0.05) is 0 Å². The van der Waals surface area contributed by atoms with Crippen molar-refractivity contribution in [3.63, 3.8) is 0 Å². The summed E-state index contributed by atoms with van der Waals surface area (Å²) in [5.74, 6) is 0.0152. The summed E-state index contributed by atoms with van der Waals surface area (Å²) in [6.07, 6.45) is 7.87. The van der Waals surface area contributed by atoms with Crippen LogP contribution in [0.5, 0.6) is 0 Å². The summed E-state index contributed by atoms with van der Waals surface area (Å²) in [4.78, 5) is 15.4. The fraction of sp³-hybridized carbons (Fsp3) is 0.308. The summed E-state index contributed by atoms with van der Waals surface area (Å²) in [5, 5.41) is 11.4. The van der Waals surface area contributed by atoms with Gasteiger partial charge in [0.05, 0.1) is 8.95 Å². The minimum Gasteiger partial charge on any atom is -0.358 e. The Kier molecular flexibility index (Phi) is 3.64. The van der Waals surface area contributed by atoms with E-state index in [0.29, 0.717) is 11.3 Å². The Bertz CT molecular complexity index is 729. The summed E-state index contributed by atoms with van der Waals surface area (Å²) >= 11 is 6.75. The molecule has 104 valence electrons. The van der Waals surface area contributed by atoms with E-state index in [-0.39, 0.29) is 10.7 Å². The molecule has 0 aliphatic heterocycles. The third kappa shape index (κ3) is 2.40. The molecule has 1 aliphatic carbocycles. The number of imidazole rings is 1. The molecule has 0 radical (unpaired) electrons. The van der Waals surface area contributed by atoms with Gasteiger partial charge < -0.3 is 10.1 Å². The molecule has 0 spiro atoms. The Hall–Kier alpha value is -1.21. The predicted octanol–water partition coefficient (Wildman–Crippen LogP) is 4.72. The average Bonchev–Trinajstić information content (AvgIpc) is 2.96. The van der Waals surface area contributed by atoms with E-state index in [4.69, 9.17) is 0 Å². The van der Waals surface area contributed by atoms with Gasteiger partial charge in [0.1, 0.15) is 6.20 Å². The van der Waals surface area contributed by atoms with Crippen LogP contribution in [0.3, 0.4) is 0 Å². The quantitative estimate of drug-likeness (QED) is 0.541. The van der Waals surface area contributed by atoms with Gasteiger partial charge in [-0.1, -0.05) is 5.57 Å². The molecule has 1 aliphatic rings. The molecule has 0 N–H and O–H groups in total. The van der Waals surface area contributed by atoms with Crippen LogP contribution in [0.4, 0.5) is 5.82 Å². The van der Waals surface area contributed by atoms with E-state index in [1.807, 2.05) is 12.1 Å². The van der Waals surface area contributed by atoms with Gasteiger partial charge in [-0.2, -0.15) is 9.38 Å². The first-order valence-electron chi connectivity index (χ1n) is 6.27. The molecule has 2 aromatic heterocycles. The van der Waals surface area contributed by atoms with Crippen LogP contribution in [0.1, 0.15) is 31.4 Å². The number of rotatable bonds is 2. The van der Waals surface area contributed by atoms with Crippen LogP contribution >= 0.6 is 31.9 Å². The lowest BCUT2D eigenvalue weighted by Gasteiger charge is -1.97. The molecule has 0 amide bonds. The predicted molar refractivity (Wildman–Crippen MR) is 83.7 cm³/mol. The van der Waals surface area contributed by atoms with E-state index < -0.39 is 0 Å². The van der Waals surface area contributed by atoms with Crippen LogP contribution in [0.25, 0.3) is 11.7 Å². The third-order valence-corrected chi connectivity index (χ3v) is 4.42. The van der Waals surface area contributed by atoms with Crippen molar-refractivity contribution in [1.29, 1.82) is 0 Å². The molecule has 20 heavy (non-hydrogen) atoms. The second-order valence-corrected chi connectivity index (χ2v) is 6.56. The minimum atomic E-state index is -0.375. The molecule has 2 heterocycles. The third-order valence-electron chi connectivity index (χ3n) is 3.40. The number of aromatic nitrogens is 2. The zero-order valence-corrected chi connectivity index (χ0v) is 13.6. The number of halogens is 2. The fourth-order valence-corrected chi connectivity index (χ4v) is 3.79. The number of nitro groups is 1. The Labute approximate surface area is 132 Å². The van der Waals surface area contributed by atoms with Crippen molar-refractivity contribution in [3.05, 3.63) is 42.6 Å². The monoisotopic (exact) mass is 399 g/mol. The first kappa shape index (κ1) is 13.8. The highest BCUT2D eigenvalue weighted by Gasteiger charge is 2.24. The first-order valence-corrected chi connectivity index (χ1v) is 7.86. The second-order valence-electron chi connectivity index (χ2n) is 4.79. The van der Waals surface area contributed by atoms with Gasteiger partial charge in [-0.3, -0.25) is 0 Å². The molecule has 3 rings (SSSR count). The maximum Gasteiger partial charge on any atom is 0.355 e. The zero-order valence-electron chi connectivity index (χ0n) is 10.5. The van der Waals surface area contributed by atoms with Crippen molar-refractivity contribution in [2.75, 3.05) is 0 Å². The van der Waals surface area contributed by atoms with Crippen LogP contribution in [-0.4, -0.2) is 14.3 Å². The van der Waals surface area contributed by atoms with Crippen LogP contribution in [-0.2, 0) is 0 Å². The molecule has 1 fully saturated rings. The largest absolute Gasteiger partial charge is 0.358 e. The maximum absolute atomic E-state index is 11.4. The highest BCUT2D eigenvalue weighted by atomic mass is 79.9. The fourth-order valence-electron chi connectivity index (χ4n) is 2.52. The van der Waals surface area contributed by atoms with E-state index in [1.165, 1.54) is 9.97 Å². The zero-order chi connectivity index (χ0) is 14.3. The van der Waals surface area contributed by atoms with Gasteiger partial charge in [-0.15, -0.1) is 0 Å². The van der Waals surface area contributed by atoms with Crippen LogP contribution in [0.2, 0.25) is 0 Å². The standard InChI is InChI=1S/C13H11Br2N3O2/c14-9-6-10(15)12-16-11(5-8-3-1-2-4-8)13(18(19)20)17(12)7-9/h5-7H,1-4H2. The van der Waals surface area contributed by atoms with E-state index in [2.05, 4.69) is 36.8 Å². The van der Waals surface area contributed by atoms with E-state index in [0.717, 1.165) is 34.6 Å². The molecule has 5 nitrogen and oxygen atoms in total. The molecule has 0 unspecified atom stereocenters. The Morgan fingerprint density at radius 2 is 2.05 bits per heavy atom. The van der Waals surface area contributed by atoms with Gasteiger partial charge in [-0.05, 0) is 74.6 Å². The van der Waals surface area contributed by atoms with E-state index >= 15 is 0 Å². The van der Waals surface area contributed by atoms with Crippen molar-refractivity contribution < 1.29 is 4.92 Å². The van der Waals surface area contributed by atoms with E-state index in [9.17, 15) is 10.1 Å². The molecule has 0 bridgehead atoms. The lowest BCUT2D eigenvalue weighted by atomic mass is 10.2. The van der Waals surface area contributed by atoms with Crippen molar-refractivity contribution in [2.24, 2.45) is 0 Å². The number of hydrogen-bond donors (Lipinski definition) is 0. The highest BCUT2D eigenvalue weighted by Crippen LogP contribution is 2.32. The summed E-state index contributed by atoms with van der Waals surface area (Å²) in [7, 11) is 0. The maximum atomic E-state index is 11.4. The molecule has 7 heteroatoms. The van der Waals surface area contributed by atoms with Gasteiger partial charge >= 0.3 is 5.82 Å². The van der Waals surface area contributed by atoms with Crippen molar-refractivity contribution in [1.82, 2.24) is 9.38 Å². The highest BCUT2D eigenvalue weighted by molar-refractivity contribution is 9.11. The summed E-state index contributed by atoms with van der Waals surface area (Å²) in [6.45, 7) is 0. The lowest BCUT2D eigenvalue weighted by molar-refractivity contribution is -0.390. The van der Waals surface area contributed by atoms with Crippen molar-refractivity contribution in [3.8, 4) is 0 Å². The van der Waals surface area contributed by atoms with Crippen LogP contribution < -0.4 is 0 Å². The normalized spacial score (nSPS) is 15.0. The van der Waals surface area contributed by atoms with Gasteiger partial charge in [0.15, 0.2) is 5.69 Å². The first-order chi connectivity index (χ1) is 9.56. The summed E-state index contributed by atoms with van der Waals surface area (Å²) in [6, 6.07) is 1.83. The molecular formula is C13H11Br2N3O2. The SMILES string of the molecule is O=[N+]([O-])c1c(C=C2CCCC2)nc2c(Br)cc(Br)cn12. The summed E-state index contributed by atoms with van der Waals surface area (Å²) in [5.41, 5.74) is 2.24. The van der Waals surface area contributed by atoms with Crippen LogP contribution in [0.15, 0.2) is 26.8 Å². The van der Waals surface area contributed by atoms with Gasteiger partial charge in [0.25, 0.3) is 0 Å². The smallest absolute Gasteiger partial charge is 0.355 e. The number of fused-ring (bicyclic) bond motifs is 1. The Morgan fingerprint density at radius 1 is 1.35 bits per heavy atom. The van der Waals surface area contributed by atoms with Crippen molar-refractivity contribution in [2.45, 2.75) is 25.7 Å². The van der Waals surface area contributed by atoms with Crippen LogP contribution in [0, 0.1) is 10.1 Å². The Balaban J connectivity index is 2.26. The second kappa shape index (κ2) is 5.29. The van der Waals surface area contributed by atoms with Gasteiger partial charge in [-0.25, -0.2) is 0 Å². The molecule has 0 saturated heterocycles. The number of allylic oxidation sites excluding steroid dienone is 1. The topological polar surface area (TPSA) is 60.4 Å². The summed E-state index contributed by atoms with van der Waals surface area (Å²) < 4.78 is 3.00. The van der Waals surface area contributed by atoms with Crippen molar-refractivity contribution >= 4 is 49.4 Å². The molecule has 0 aromatic carbocycles. The molecular weight excluding hydrogens is 390 g/mol. The van der Waals surface area contributed by atoms with Gasteiger partial charge in [0.2, 0.25) is 5.65 Å².